The van der Waals surface area contributed by atoms with Crippen LogP contribution in [0, 0.1) is 0 Å². The molecule has 0 atom stereocenters. The van der Waals surface area contributed by atoms with E-state index in [1.807, 2.05) is 0 Å². The Morgan fingerprint density at radius 1 is 1.22 bits per heavy atom. The maximum Gasteiger partial charge on any atom is 0.339 e. The van der Waals surface area contributed by atoms with E-state index in [1.165, 1.54) is 25.3 Å². The Labute approximate surface area is 137 Å². The Morgan fingerprint density at radius 3 is 2.65 bits per heavy atom. The molecule has 0 saturated heterocycles. The van der Waals surface area contributed by atoms with Gasteiger partial charge in [0.05, 0.1) is 7.11 Å². The van der Waals surface area contributed by atoms with Gasteiger partial charge in [0.2, 0.25) is 0 Å². The maximum atomic E-state index is 11.9. The Hall–Kier alpha value is -2.73. The summed E-state index contributed by atoms with van der Waals surface area (Å²) in [5.41, 5.74) is 0.469. The number of ether oxygens (including phenoxy) is 2. The smallest absolute Gasteiger partial charge is 0.339 e. The fourth-order valence-corrected chi connectivity index (χ4v) is 2.02. The van der Waals surface area contributed by atoms with Gasteiger partial charge in [-0.25, -0.2) is 4.79 Å². The minimum absolute atomic E-state index is 0.0538. The van der Waals surface area contributed by atoms with Gasteiger partial charge < -0.3 is 19.9 Å². The number of rotatable bonds is 6. The largest absolute Gasteiger partial charge is 0.497 e. The number of amides is 1. The molecular formula is C16H14ClNO5. The third-order valence-corrected chi connectivity index (χ3v) is 3.12. The lowest BCUT2D eigenvalue weighted by Crippen LogP contribution is -2.20. The van der Waals surface area contributed by atoms with Gasteiger partial charge >= 0.3 is 5.97 Å². The van der Waals surface area contributed by atoms with E-state index in [0.717, 1.165) is 0 Å². The van der Waals surface area contributed by atoms with E-state index < -0.39 is 11.9 Å². The number of methoxy groups -OCH3 is 1. The number of nitrogens with one attached hydrogen (secondary N) is 1. The number of carbonyl (C=O) groups excluding carboxylic acids is 1. The van der Waals surface area contributed by atoms with Crippen LogP contribution in [0.5, 0.6) is 11.5 Å². The highest BCUT2D eigenvalue weighted by molar-refractivity contribution is 6.30. The molecule has 0 aliphatic rings. The number of hydrogen-bond donors (Lipinski definition) is 2. The normalized spacial score (nSPS) is 10.0. The molecule has 2 rings (SSSR count). The van der Waals surface area contributed by atoms with Crippen molar-refractivity contribution in [3.8, 4) is 11.5 Å². The molecule has 0 bridgehead atoms. The summed E-state index contributed by atoms with van der Waals surface area (Å²) >= 11 is 5.83. The van der Waals surface area contributed by atoms with Crippen LogP contribution in [0.15, 0.2) is 42.5 Å². The first-order valence-electron chi connectivity index (χ1n) is 6.59. The summed E-state index contributed by atoms with van der Waals surface area (Å²) in [6.07, 6.45) is 0. The topological polar surface area (TPSA) is 84.9 Å². The van der Waals surface area contributed by atoms with E-state index in [9.17, 15) is 9.59 Å². The number of anilines is 1. The highest BCUT2D eigenvalue weighted by Gasteiger charge is 2.14. The van der Waals surface area contributed by atoms with E-state index in [-0.39, 0.29) is 17.9 Å². The van der Waals surface area contributed by atoms with Crippen LogP contribution in [0.4, 0.5) is 5.69 Å². The summed E-state index contributed by atoms with van der Waals surface area (Å²) in [5.74, 6) is -1.11. The number of carboxylic acids is 1. The van der Waals surface area contributed by atoms with Crippen LogP contribution in [-0.4, -0.2) is 30.7 Å². The molecule has 7 heteroatoms. The van der Waals surface area contributed by atoms with Crippen molar-refractivity contribution in [3.63, 3.8) is 0 Å². The van der Waals surface area contributed by atoms with E-state index in [0.29, 0.717) is 16.5 Å². The van der Waals surface area contributed by atoms with Crippen LogP contribution in [0.2, 0.25) is 5.02 Å². The highest BCUT2D eigenvalue weighted by atomic mass is 35.5. The molecule has 120 valence electrons. The lowest BCUT2D eigenvalue weighted by molar-refractivity contribution is -0.118. The Kier molecular flexibility index (Phi) is 5.43. The van der Waals surface area contributed by atoms with Crippen molar-refractivity contribution >= 4 is 29.2 Å². The van der Waals surface area contributed by atoms with Gasteiger partial charge in [0.1, 0.15) is 17.1 Å². The molecule has 0 saturated carbocycles. The second kappa shape index (κ2) is 7.51. The molecule has 0 spiro atoms. The number of aromatic carboxylic acids is 1. The van der Waals surface area contributed by atoms with E-state index in [4.69, 9.17) is 26.2 Å². The van der Waals surface area contributed by atoms with E-state index in [1.54, 1.807) is 24.3 Å². The molecule has 2 aromatic carbocycles. The van der Waals surface area contributed by atoms with Gasteiger partial charge in [-0.15, -0.1) is 0 Å². The lowest BCUT2D eigenvalue weighted by atomic mass is 10.2. The van der Waals surface area contributed by atoms with Crippen molar-refractivity contribution in [3.05, 3.63) is 53.1 Å². The minimum Gasteiger partial charge on any atom is -0.497 e. The Morgan fingerprint density at radius 2 is 2.00 bits per heavy atom. The second-order valence-electron chi connectivity index (χ2n) is 4.51. The molecule has 0 fully saturated rings. The number of carboxylic acid groups (broad SMARTS) is 1. The monoisotopic (exact) mass is 335 g/mol. The molecule has 1 amide bonds. The molecule has 0 radical (unpaired) electrons. The van der Waals surface area contributed by atoms with Crippen LogP contribution >= 0.6 is 11.6 Å². The van der Waals surface area contributed by atoms with Crippen molar-refractivity contribution in [1.29, 1.82) is 0 Å². The molecule has 0 aliphatic heterocycles. The van der Waals surface area contributed by atoms with Crippen LogP contribution in [0.25, 0.3) is 0 Å². The summed E-state index contributed by atoms with van der Waals surface area (Å²) in [4.78, 5) is 23.0. The zero-order valence-electron chi connectivity index (χ0n) is 12.2. The molecule has 6 nitrogen and oxygen atoms in total. The lowest BCUT2D eigenvalue weighted by Gasteiger charge is -2.11. The summed E-state index contributed by atoms with van der Waals surface area (Å²) < 4.78 is 10.3. The average molecular weight is 336 g/mol. The molecule has 2 N–H and O–H groups in total. The van der Waals surface area contributed by atoms with Crippen molar-refractivity contribution in [1.82, 2.24) is 0 Å². The van der Waals surface area contributed by atoms with Gasteiger partial charge in [0.15, 0.2) is 6.61 Å². The van der Waals surface area contributed by atoms with Gasteiger partial charge in [0, 0.05) is 16.8 Å². The molecule has 0 heterocycles. The van der Waals surface area contributed by atoms with Gasteiger partial charge in [-0.3, -0.25) is 4.79 Å². The predicted octanol–water partition coefficient (Wildman–Crippen LogP) is 3.06. The number of carbonyl (C=O) groups is 2. The average Bonchev–Trinajstić information content (AvgIpc) is 2.52. The number of benzene rings is 2. The summed E-state index contributed by atoms with van der Waals surface area (Å²) in [6.45, 7) is -0.347. The maximum absolute atomic E-state index is 11.9. The Bertz CT molecular complexity index is 732. The molecule has 2 aromatic rings. The number of halogens is 1. The molecule has 0 unspecified atom stereocenters. The standard InChI is InChI=1S/C16H14ClNO5/c1-22-12-5-6-13(16(20)21)14(8-12)23-9-15(19)18-11-4-2-3-10(17)7-11/h2-8H,9H2,1H3,(H,18,19)(H,20,21). The predicted molar refractivity (Wildman–Crippen MR) is 85.5 cm³/mol. The highest BCUT2D eigenvalue weighted by Crippen LogP contribution is 2.25. The van der Waals surface area contributed by atoms with Crippen LogP contribution < -0.4 is 14.8 Å². The fraction of sp³-hybridized carbons (Fsp3) is 0.125. The second-order valence-corrected chi connectivity index (χ2v) is 4.95. The van der Waals surface area contributed by atoms with Crippen molar-refractivity contribution in [2.75, 3.05) is 19.0 Å². The number of hydrogen-bond acceptors (Lipinski definition) is 4. The Balaban J connectivity index is 2.05. The summed E-state index contributed by atoms with van der Waals surface area (Å²) in [5, 5.41) is 12.2. The SMILES string of the molecule is COc1ccc(C(=O)O)c(OCC(=O)Nc2cccc(Cl)c2)c1. The molecule has 0 aromatic heterocycles. The fourth-order valence-electron chi connectivity index (χ4n) is 1.83. The first-order valence-corrected chi connectivity index (χ1v) is 6.97. The van der Waals surface area contributed by atoms with Gasteiger partial charge in [-0.2, -0.15) is 0 Å². The van der Waals surface area contributed by atoms with Crippen molar-refractivity contribution in [2.24, 2.45) is 0 Å². The third-order valence-electron chi connectivity index (χ3n) is 2.89. The van der Waals surface area contributed by atoms with Crippen LogP contribution in [0.1, 0.15) is 10.4 Å². The zero-order valence-corrected chi connectivity index (χ0v) is 13.0. The minimum atomic E-state index is -1.15. The first-order chi connectivity index (χ1) is 11.0. The first kappa shape index (κ1) is 16.6. The van der Waals surface area contributed by atoms with E-state index >= 15 is 0 Å². The van der Waals surface area contributed by atoms with Crippen LogP contribution in [0.3, 0.4) is 0 Å². The van der Waals surface area contributed by atoms with Gasteiger partial charge in [-0.05, 0) is 30.3 Å². The van der Waals surface area contributed by atoms with Gasteiger partial charge in [0.25, 0.3) is 5.91 Å². The molecule has 23 heavy (non-hydrogen) atoms. The molecule has 0 aliphatic carbocycles. The van der Waals surface area contributed by atoms with Gasteiger partial charge in [-0.1, -0.05) is 17.7 Å². The third kappa shape index (κ3) is 4.62. The van der Waals surface area contributed by atoms with Crippen molar-refractivity contribution in [2.45, 2.75) is 0 Å². The quantitative estimate of drug-likeness (QED) is 0.847. The summed E-state index contributed by atoms with van der Waals surface area (Å²) in [7, 11) is 1.45. The van der Waals surface area contributed by atoms with Crippen LogP contribution in [-0.2, 0) is 4.79 Å². The van der Waals surface area contributed by atoms with Crippen molar-refractivity contribution < 1.29 is 24.2 Å². The summed E-state index contributed by atoms with van der Waals surface area (Å²) in [6, 6.07) is 10.9. The molecular weight excluding hydrogens is 322 g/mol. The zero-order chi connectivity index (χ0) is 16.8. The van der Waals surface area contributed by atoms with E-state index in [2.05, 4.69) is 5.32 Å².